The minimum Gasteiger partial charge on any atom is -0.341 e. The molecule has 0 bridgehead atoms. The second-order valence-corrected chi connectivity index (χ2v) is 5.88. The van der Waals surface area contributed by atoms with Crippen molar-refractivity contribution in [3.63, 3.8) is 0 Å². The van der Waals surface area contributed by atoms with E-state index in [4.69, 9.17) is 0 Å². The van der Waals surface area contributed by atoms with Crippen LogP contribution in [-0.2, 0) is 17.5 Å². The molecule has 0 aliphatic carbocycles. The van der Waals surface area contributed by atoms with Gasteiger partial charge in [-0.1, -0.05) is 18.7 Å². The van der Waals surface area contributed by atoms with Gasteiger partial charge in [0.15, 0.2) is 0 Å². The number of likely N-dealkylation sites (N-methyl/N-ethyl adjacent to an activating group) is 1. The number of hydrogen-bond donors (Lipinski definition) is 0. The largest absolute Gasteiger partial charge is 0.416 e. The quantitative estimate of drug-likeness (QED) is 0.775. The van der Waals surface area contributed by atoms with Crippen LogP contribution in [0.1, 0.15) is 24.0 Å². The Kier molecular flexibility index (Phi) is 5.46. The van der Waals surface area contributed by atoms with E-state index in [9.17, 15) is 18.0 Å². The maximum Gasteiger partial charge on any atom is 0.416 e. The van der Waals surface area contributed by atoms with Gasteiger partial charge in [-0.2, -0.15) is 13.2 Å². The Morgan fingerprint density at radius 1 is 1.39 bits per heavy atom. The number of rotatable bonds is 5. The molecule has 1 saturated heterocycles. The fourth-order valence-corrected chi connectivity index (χ4v) is 2.91. The van der Waals surface area contributed by atoms with E-state index >= 15 is 0 Å². The summed E-state index contributed by atoms with van der Waals surface area (Å²) in [7, 11) is 1.73. The van der Waals surface area contributed by atoms with Crippen LogP contribution in [0, 0.1) is 0 Å². The second-order valence-electron chi connectivity index (χ2n) is 5.88. The van der Waals surface area contributed by atoms with Crippen LogP contribution in [0.5, 0.6) is 0 Å². The zero-order valence-corrected chi connectivity index (χ0v) is 13.1. The molecule has 1 atom stereocenters. The first-order chi connectivity index (χ1) is 10.8. The third-order valence-corrected chi connectivity index (χ3v) is 4.20. The van der Waals surface area contributed by atoms with Crippen molar-refractivity contribution < 1.29 is 18.0 Å². The fraction of sp³-hybridized carbons (Fsp3) is 0.471. The third kappa shape index (κ3) is 4.58. The number of likely N-dealkylation sites (tertiary alicyclic amines) is 1. The third-order valence-electron chi connectivity index (χ3n) is 4.20. The van der Waals surface area contributed by atoms with Crippen molar-refractivity contribution in [1.82, 2.24) is 9.80 Å². The molecule has 0 spiro atoms. The van der Waals surface area contributed by atoms with E-state index in [0.29, 0.717) is 13.1 Å². The van der Waals surface area contributed by atoms with Gasteiger partial charge in [0, 0.05) is 26.2 Å². The highest BCUT2D eigenvalue weighted by Gasteiger charge is 2.30. The summed E-state index contributed by atoms with van der Waals surface area (Å²) < 4.78 is 37.7. The maximum atomic E-state index is 12.6. The van der Waals surface area contributed by atoms with Crippen molar-refractivity contribution in [2.24, 2.45) is 0 Å². The minimum absolute atomic E-state index is 0.119. The minimum atomic E-state index is -4.30. The zero-order valence-electron chi connectivity index (χ0n) is 13.1. The highest BCUT2D eigenvalue weighted by molar-refractivity contribution is 5.86. The standard InChI is InChI=1S/C17H21F3N2O/c1-3-16(23)21(2)12-15-5-4-10-22(15)11-13-6-8-14(9-7-13)17(18,19)20/h3,6-9,15H,1,4-5,10-12H2,2H3. The average Bonchev–Trinajstić information content (AvgIpc) is 2.93. The summed E-state index contributed by atoms with van der Waals surface area (Å²) in [6, 6.07) is 5.51. The van der Waals surface area contributed by atoms with Crippen molar-refractivity contribution in [1.29, 1.82) is 0 Å². The van der Waals surface area contributed by atoms with Crippen molar-refractivity contribution in [3.8, 4) is 0 Å². The van der Waals surface area contributed by atoms with E-state index in [1.807, 2.05) is 0 Å². The highest BCUT2D eigenvalue weighted by Crippen LogP contribution is 2.29. The van der Waals surface area contributed by atoms with E-state index in [-0.39, 0.29) is 11.9 Å². The molecule has 1 aliphatic rings. The summed E-state index contributed by atoms with van der Waals surface area (Å²) in [5.74, 6) is -0.119. The molecule has 23 heavy (non-hydrogen) atoms. The smallest absolute Gasteiger partial charge is 0.341 e. The lowest BCUT2D eigenvalue weighted by molar-refractivity contribution is -0.137. The summed E-state index contributed by atoms with van der Waals surface area (Å²) >= 11 is 0. The van der Waals surface area contributed by atoms with Crippen LogP contribution in [0.2, 0.25) is 0 Å². The normalized spacial score (nSPS) is 18.9. The Balaban J connectivity index is 1.98. The number of nitrogens with zero attached hydrogens (tertiary/aromatic N) is 2. The molecule has 1 unspecified atom stereocenters. The van der Waals surface area contributed by atoms with Crippen molar-refractivity contribution in [2.75, 3.05) is 20.1 Å². The molecule has 1 aliphatic heterocycles. The predicted molar refractivity (Wildman–Crippen MR) is 82.7 cm³/mol. The summed E-state index contributed by atoms with van der Waals surface area (Å²) in [4.78, 5) is 15.4. The lowest BCUT2D eigenvalue weighted by Crippen LogP contribution is -2.40. The van der Waals surface area contributed by atoms with Crippen LogP contribution in [0.4, 0.5) is 13.2 Å². The Morgan fingerprint density at radius 2 is 2.04 bits per heavy atom. The van der Waals surface area contributed by atoms with Gasteiger partial charge < -0.3 is 4.90 Å². The van der Waals surface area contributed by atoms with Gasteiger partial charge in [-0.05, 0) is 43.2 Å². The SMILES string of the molecule is C=CC(=O)N(C)CC1CCCN1Cc1ccc(C(F)(F)F)cc1. The first-order valence-corrected chi connectivity index (χ1v) is 7.59. The van der Waals surface area contributed by atoms with E-state index in [2.05, 4.69) is 11.5 Å². The summed E-state index contributed by atoms with van der Waals surface area (Å²) in [5, 5.41) is 0. The summed E-state index contributed by atoms with van der Waals surface area (Å²) in [6.07, 6.45) is -1.01. The van der Waals surface area contributed by atoms with Gasteiger partial charge in [0.05, 0.1) is 5.56 Å². The van der Waals surface area contributed by atoms with Gasteiger partial charge >= 0.3 is 6.18 Å². The van der Waals surface area contributed by atoms with Crippen LogP contribution in [0.25, 0.3) is 0 Å². The monoisotopic (exact) mass is 326 g/mol. The maximum absolute atomic E-state index is 12.6. The van der Waals surface area contributed by atoms with Gasteiger partial charge in [-0.3, -0.25) is 9.69 Å². The van der Waals surface area contributed by atoms with Crippen molar-refractivity contribution >= 4 is 5.91 Å². The lowest BCUT2D eigenvalue weighted by atomic mass is 10.1. The van der Waals surface area contributed by atoms with E-state index in [1.165, 1.54) is 18.2 Å². The van der Waals surface area contributed by atoms with Gasteiger partial charge in [-0.15, -0.1) is 0 Å². The number of hydrogen-bond acceptors (Lipinski definition) is 2. The molecule has 1 heterocycles. The Labute approximate surface area is 134 Å². The lowest BCUT2D eigenvalue weighted by Gasteiger charge is -2.28. The number of amides is 1. The first-order valence-electron chi connectivity index (χ1n) is 7.59. The molecule has 1 amide bonds. The molecule has 0 radical (unpaired) electrons. The molecule has 1 aromatic rings. The summed E-state index contributed by atoms with van der Waals surface area (Å²) in [6.45, 7) is 5.56. The molecular formula is C17H21F3N2O. The zero-order chi connectivity index (χ0) is 17.0. The Morgan fingerprint density at radius 3 is 2.61 bits per heavy atom. The van der Waals surface area contributed by atoms with E-state index < -0.39 is 11.7 Å². The first kappa shape index (κ1) is 17.5. The van der Waals surface area contributed by atoms with Crippen LogP contribution >= 0.6 is 0 Å². The fourth-order valence-electron chi connectivity index (χ4n) is 2.91. The van der Waals surface area contributed by atoms with Gasteiger partial charge in [0.1, 0.15) is 0 Å². The predicted octanol–water partition coefficient (Wildman–Crippen LogP) is 3.31. The van der Waals surface area contributed by atoms with Crippen LogP contribution in [0.3, 0.4) is 0 Å². The molecule has 2 rings (SSSR count). The number of carbonyl (C=O) groups excluding carboxylic acids is 1. The average molecular weight is 326 g/mol. The number of alkyl halides is 3. The van der Waals surface area contributed by atoms with Gasteiger partial charge in [0.25, 0.3) is 0 Å². The van der Waals surface area contributed by atoms with E-state index in [1.54, 1.807) is 11.9 Å². The van der Waals surface area contributed by atoms with Gasteiger partial charge in [-0.25, -0.2) is 0 Å². The van der Waals surface area contributed by atoms with Gasteiger partial charge in [0.2, 0.25) is 5.91 Å². The molecule has 6 heteroatoms. The van der Waals surface area contributed by atoms with Crippen molar-refractivity contribution in [2.45, 2.75) is 31.6 Å². The molecule has 1 aromatic carbocycles. The number of halogens is 3. The Bertz CT molecular complexity index is 554. The molecular weight excluding hydrogens is 305 g/mol. The molecule has 126 valence electrons. The van der Waals surface area contributed by atoms with Crippen LogP contribution < -0.4 is 0 Å². The molecule has 0 N–H and O–H groups in total. The van der Waals surface area contributed by atoms with E-state index in [0.717, 1.165) is 37.1 Å². The topological polar surface area (TPSA) is 23.6 Å². The number of benzene rings is 1. The second kappa shape index (κ2) is 7.17. The summed E-state index contributed by atoms with van der Waals surface area (Å²) in [5.41, 5.74) is 0.220. The Hall–Kier alpha value is -1.82. The highest BCUT2D eigenvalue weighted by atomic mass is 19.4. The van der Waals surface area contributed by atoms with Crippen molar-refractivity contribution in [3.05, 3.63) is 48.0 Å². The molecule has 1 fully saturated rings. The van der Waals surface area contributed by atoms with Crippen LogP contribution in [0.15, 0.2) is 36.9 Å². The molecule has 0 saturated carbocycles. The number of carbonyl (C=O) groups is 1. The molecule has 3 nitrogen and oxygen atoms in total. The van der Waals surface area contributed by atoms with Crippen LogP contribution in [-0.4, -0.2) is 41.9 Å². The molecule has 0 aromatic heterocycles.